The molecule has 0 fully saturated rings. The SMILES string of the molecule is CCCCOCCOc1nc(NCC)nc(OCCC)n1. The van der Waals surface area contributed by atoms with E-state index < -0.39 is 0 Å². The molecule has 0 unspecified atom stereocenters. The first-order valence-corrected chi connectivity index (χ1v) is 7.63. The van der Waals surface area contributed by atoms with Crippen LogP contribution in [0.4, 0.5) is 5.95 Å². The predicted octanol–water partition coefficient (Wildman–Crippen LogP) is 2.29. The van der Waals surface area contributed by atoms with Gasteiger partial charge in [-0.15, -0.1) is 4.98 Å². The van der Waals surface area contributed by atoms with Gasteiger partial charge in [0.15, 0.2) is 0 Å². The van der Waals surface area contributed by atoms with Gasteiger partial charge in [0, 0.05) is 13.2 Å². The summed E-state index contributed by atoms with van der Waals surface area (Å²) in [6.07, 6.45) is 3.08. The first-order chi connectivity index (χ1) is 10.3. The molecule has 120 valence electrons. The summed E-state index contributed by atoms with van der Waals surface area (Å²) in [6, 6.07) is 0.538. The molecule has 0 radical (unpaired) electrons. The standard InChI is InChI=1S/C14H26N4O3/c1-4-7-9-19-10-11-21-14-17-12(15-6-3)16-13(18-14)20-8-5-2/h4-11H2,1-3H3,(H,15,16,17,18). The molecule has 7 nitrogen and oxygen atoms in total. The van der Waals surface area contributed by atoms with Crippen LogP contribution in [0.25, 0.3) is 0 Å². The van der Waals surface area contributed by atoms with Crippen LogP contribution in [0.15, 0.2) is 0 Å². The van der Waals surface area contributed by atoms with E-state index in [1.807, 2.05) is 13.8 Å². The molecule has 0 atom stereocenters. The molecule has 0 aliphatic rings. The Morgan fingerprint density at radius 3 is 2.14 bits per heavy atom. The fraction of sp³-hybridized carbons (Fsp3) is 0.786. The summed E-state index contributed by atoms with van der Waals surface area (Å²) in [5, 5.41) is 3.03. The lowest BCUT2D eigenvalue weighted by atomic mass is 10.4. The van der Waals surface area contributed by atoms with Crippen molar-refractivity contribution in [3.8, 4) is 12.0 Å². The molecule has 1 rings (SSSR count). The highest BCUT2D eigenvalue weighted by Gasteiger charge is 2.08. The highest BCUT2D eigenvalue weighted by atomic mass is 16.5. The monoisotopic (exact) mass is 298 g/mol. The van der Waals surface area contributed by atoms with Crippen LogP contribution in [0, 0.1) is 0 Å². The summed E-state index contributed by atoms with van der Waals surface area (Å²) in [5.74, 6) is 0.459. The van der Waals surface area contributed by atoms with Crippen LogP contribution in [0.2, 0.25) is 0 Å². The first-order valence-electron chi connectivity index (χ1n) is 7.63. The van der Waals surface area contributed by atoms with Crippen molar-refractivity contribution in [1.82, 2.24) is 15.0 Å². The van der Waals surface area contributed by atoms with E-state index in [0.717, 1.165) is 32.4 Å². The van der Waals surface area contributed by atoms with Crippen LogP contribution in [-0.4, -0.2) is 47.9 Å². The lowest BCUT2D eigenvalue weighted by Gasteiger charge is -2.09. The Morgan fingerprint density at radius 1 is 0.810 bits per heavy atom. The van der Waals surface area contributed by atoms with E-state index in [4.69, 9.17) is 14.2 Å². The van der Waals surface area contributed by atoms with Gasteiger partial charge in [-0.25, -0.2) is 0 Å². The number of anilines is 1. The van der Waals surface area contributed by atoms with Crippen molar-refractivity contribution in [2.75, 3.05) is 38.3 Å². The largest absolute Gasteiger partial charge is 0.463 e. The average molecular weight is 298 g/mol. The maximum atomic E-state index is 5.49. The maximum absolute atomic E-state index is 5.49. The molecule has 0 amide bonds. The normalized spacial score (nSPS) is 10.4. The number of unbranched alkanes of at least 4 members (excludes halogenated alkanes) is 1. The third kappa shape index (κ3) is 7.65. The highest BCUT2D eigenvalue weighted by molar-refractivity contribution is 5.27. The van der Waals surface area contributed by atoms with Crippen LogP contribution in [0.5, 0.6) is 12.0 Å². The van der Waals surface area contributed by atoms with Gasteiger partial charge in [0.2, 0.25) is 5.95 Å². The number of nitrogens with zero attached hydrogens (tertiary/aromatic N) is 3. The van der Waals surface area contributed by atoms with Gasteiger partial charge in [-0.1, -0.05) is 20.3 Å². The van der Waals surface area contributed by atoms with Crippen LogP contribution >= 0.6 is 0 Å². The van der Waals surface area contributed by atoms with E-state index >= 15 is 0 Å². The van der Waals surface area contributed by atoms with Crippen molar-refractivity contribution >= 4 is 5.95 Å². The molecule has 1 heterocycles. The van der Waals surface area contributed by atoms with Crippen molar-refractivity contribution in [3.63, 3.8) is 0 Å². The molecule has 0 spiro atoms. The Hall–Kier alpha value is -1.63. The molecule has 0 aliphatic carbocycles. The zero-order valence-electron chi connectivity index (χ0n) is 13.2. The van der Waals surface area contributed by atoms with Gasteiger partial charge in [0.1, 0.15) is 6.61 Å². The van der Waals surface area contributed by atoms with Crippen molar-refractivity contribution in [2.45, 2.75) is 40.0 Å². The number of hydrogen-bond acceptors (Lipinski definition) is 7. The first kappa shape index (κ1) is 17.4. The lowest BCUT2D eigenvalue weighted by molar-refractivity contribution is 0.0942. The van der Waals surface area contributed by atoms with E-state index in [9.17, 15) is 0 Å². The van der Waals surface area contributed by atoms with Gasteiger partial charge >= 0.3 is 12.0 Å². The summed E-state index contributed by atoms with van der Waals surface area (Å²) < 4.78 is 16.3. The molecule has 21 heavy (non-hydrogen) atoms. The minimum atomic E-state index is 0.256. The predicted molar refractivity (Wildman–Crippen MR) is 81.0 cm³/mol. The van der Waals surface area contributed by atoms with Gasteiger partial charge in [-0.2, -0.15) is 9.97 Å². The van der Waals surface area contributed by atoms with Gasteiger partial charge in [0.05, 0.1) is 13.2 Å². The highest BCUT2D eigenvalue weighted by Crippen LogP contribution is 2.13. The van der Waals surface area contributed by atoms with Crippen LogP contribution in [-0.2, 0) is 4.74 Å². The van der Waals surface area contributed by atoms with E-state index in [1.165, 1.54) is 0 Å². The zero-order valence-corrected chi connectivity index (χ0v) is 13.2. The Bertz CT molecular complexity index is 390. The topological polar surface area (TPSA) is 78.4 Å². The molecule has 0 aromatic carbocycles. The van der Waals surface area contributed by atoms with Gasteiger partial charge < -0.3 is 19.5 Å². The van der Waals surface area contributed by atoms with Crippen molar-refractivity contribution in [1.29, 1.82) is 0 Å². The Labute approximate surface area is 126 Å². The van der Waals surface area contributed by atoms with Crippen LogP contribution in [0.1, 0.15) is 40.0 Å². The minimum Gasteiger partial charge on any atom is -0.463 e. The van der Waals surface area contributed by atoms with E-state index in [-0.39, 0.29) is 12.0 Å². The fourth-order valence-electron chi connectivity index (χ4n) is 1.44. The molecular formula is C14H26N4O3. The second-order valence-corrected chi connectivity index (χ2v) is 4.42. The summed E-state index contributed by atoms with van der Waals surface area (Å²) >= 11 is 0. The molecule has 0 aliphatic heterocycles. The molecular weight excluding hydrogens is 272 g/mol. The molecule has 0 saturated heterocycles. The molecule has 0 bridgehead atoms. The third-order valence-corrected chi connectivity index (χ3v) is 2.47. The number of aromatic nitrogens is 3. The second kappa shape index (κ2) is 11.1. The van der Waals surface area contributed by atoms with Crippen LogP contribution < -0.4 is 14.8 Å². The smallest absolute Gasteiger partial charge is 0.324 e. The quantitative estimate of drug-likeness (QED) is 0.593. The molecule has 7 heteroatoms. The summed E-state index contributed by atoms with van der Waals surface area (Å²) in [6.45, 7) is 9.09. The van der Waals surface area contributed by atoms with Gasteiger partial charge in [-0.05, 0) is 19.8 Å². The van der Waals surface area contributed by atoms with Crippen molar-refractivity contribution < 1.29 is 14.2 Å². The number of hydrogen-bond donors (Lipinski definition) is 1. The summed E-state index contributed by atoms with van der Waals surface area (Å²) in [5.41, 5.74) is 0. The fourth-order valence-corrected chi connectivity index (χ4v) is 1.44. The van der Waals surface area contributed by atoms with Crippen LogP contribution in [0.3, 0.4) is 0 Å². The molecule has 1 aromatic rings. The van der Waals surface area contributed by atoms with Gasteiger partial charge in [-0.3, -0.25) is 0 Å². The Balaban J connectivity index is 2.48. The number of nitrogens with one attached hydrogen (secondary N) is 1. The second-order valence-electron chi connectivity index (χ2n) is 4.42. The van der Waals surface area contributed by atoms with Crippen molar-refractivity contribution in [3.05, 3.63) is 0 Å². The number of rotatable bonds is 12. The molecule has 0 saturated carbocycles. The average Bonchev–Trinajstić information content (AvgIpc) is 2.49. The van der Waals surface area contributed by atoms with E-state index in [0.29, 0.717) is 25.8 Å². The van der Waals surface area contributed by atoms with Gasteiger partial charge in [0.25, 0.3) is 0 Å². The third-order valence-electron chi connectivity index (χ3n) is 2.47. The number of ether oxygens (including phenoxy) is 3. The minimum absolute atomic E-state index is 0.256. The van der Waals surface area contributed by atoms with Crippen molar-refractivity contribution in [2.24, 2.45) is 0 Å². The maximum Gasteiger partial charge on any atom is 0.324 e. The Morgan fingerprint density at radius 2 is 1.52 bits per heavy atom. The van der Waals surface area contributed by atoms with E-state index in [2.05, 4.69) is 27.2 Å². The summed E-state index contributed by atoms with van der Waals surface area (Å²) in [7, 11) is 0. The lowest BCUT2D eigenvalue weighted by Crippen LogP contribution is -2.12. The van der Waals surface area contributed by atoms with E-state index in [1.54, 1.807) is 0 Å². The summed E-state index contributed by atoms with van der Waals surface area (Å²) in [4.78, 5) is 12.5. The zero-order chi connectivity index (χ0) is 15.3. The Kier molecular flexibility index (Phi) is 9.19. The molecule has 1 aromatic heterocycles. The molecule has 1 N–H and O–H groups in total.